The minimum absolute atomic E-state index is 0.0240. The number of H-pyrrole nitrogens is 1. The van der Waals surface area contributed by atoms with E-state index in [1.54, 1.807) is 11.8 Å². The van der Waals surface area contributed by atoms with Crippen molar-refractivity contribution < 1.29 is 10.2 Å². The molecular formula is C14H25N5O2S. The van der Waals surface area contributed by atoms with Crippen molar-refractivity contribution in [3.63, 3.8) is 0 Å². The Morgan fingerprint density at radius 2 is 1.95 bits per heavy atom. The quantitative estimate of drug-likeness (QED) is 0.613. The van der Waals surface area contributed by atoms with Gasteiger partial charge in [0.1, 0.15) is 11.8 Å². The lowest BCUT2D eigenvalue weighted by molar-refractivity contribution is 0.117. The molecule has 0 amide bonds. The topological polar surface area (TPSA) is 111 Å². The Balaban J connectivity index is 0.000000745. The highest BCUT2D eigenvalue weighted by atomic mass is 32.2. The summed E-state index contributed by atoms with van der Waals surface area (Å²) in [6.07, 6.45) is 7.39. The fourth-order valence-electron chi connectivity index (χ4n) is 2.10. The number of nitrogens with two attached hydrogens (primary N) is 1. The number of fused-ring (bicyclic) bond motifs is 1. The molecule has 0 aromatic carbocycles. The van der Waals surface area contributed by atoms with Gasteiger partial charge in [0.25, 0.3) is 0 Å². The predicted octanol–water partition coefficient (Wildman–Crippen LogP) is 0.552. The zero-order valence-electron chi connectivity index (χ0n) is 13.3. The monoisotopic (exact) mass is 327 g/mol. The summed E-state index contributed by atoms with van der Waals surface area (Å²) in [7, 11) is 1.93. The molecule has 0 aliphatic heterocycles. The van der Waals surface area contributed by atoms with Gasteiger partial charge in [0, 0.05) is 44.0 Å². The number of nitrogens with zero attached hydrogens (tertiary/aromatic N) is 3. The van der Waals surface area contributed by atoms with E-state index in [2.05, 4.69) is 15.0 Å². The van der Waals surface area contributed by atoms with E-state index in [1.165, 1.54) is 6.33 Å². The summed E-state index contributed by atoms with van der Waals surface area (Å²) < 4.78 is 0. The van der Waals surface area contributed by atoms with E-state index >= 15 is 0 Å². The lowest BCUT2D eigenvalue weighted by atomic mass is 10.1. The maximum Gasteiger partial charge on any atom is 0.151 e. The van der Waals surface area contributed by atoms with E-state index in [0.29, 0.717) is 18.9 Å². The minimum Gasteiger partial charge on any atom is -0.396 e. The molecule has 7 nitrogen and oxygen atoms in total. The van der Waals surface area contributed by atoms with Crippen LogP contribution in [0.5, 0.6) is 0 Å². The van der Waals surface area contributed by atoms with Gasteiger partial charge in [0.2, 0.25) is 0 Å². The maximum absolute atomic E-state index is 9.08. The summed E-state index contributed by atoms with van der Waals surface area (Å²) in [6, 6.07) is 0. The van der Waals surface area contributed by atoms with E-state index in [0.717, 1.165) is 16.6 Å². The average Bonchev–Trinajstić information content (AvgIpc) is 2.90. The summed E-state index contributed by atoms with van der Waals surface area (Å²) in [5.74, 6) is 0.303. The van der Waals surface area contributed by atoms with Crippen LogP contribution in [0, 0.1) is 5.92 Å². The molecule has 2 aromatic rings. The number of aromatic nitrogens is 3. The molecule has 5 N–H and O–H groups in total. The first-order chi connectivity index (χ1) is 10.6. The molecule has 0 bridgehead atoms. The smallest absolute Gasteiger partial charge is 0.151 e. The van der Waals surface area contributed by atoms with Gasteiger partial charge >= 0.3 is 0 Å². The van der Waals surface area contributed by atoms with Crippen molar-refractivity contribution in [3.8, 4) is 0 Å². The van der Waals surface area contributed by atoms with Crippen LogP contribution in [0.15, 0.2) is 12.5 Å². The molecule has 2 heterocycles. The number of aliphatic hydroxyl groups is 2. The number of aliphatic hydroxyl groups excluding tert-OH is 2. The predicted molar refractivity (Wildman–Crippen MR) is 91.7 cm³/mol. The summed E-state index contributed by atoms with van der Waals surface area (Å²) in [5.41, 5.74) is 8.33. The first-order valence-electron chi connectivity index (χ1n) is 6.94. The van der Waals surface area contributed by atoms with Crippen molar-refractivity contribution in [1.29, 1.82) is 0 Å². The van der Waals surface area contributed by atoms with Crippen LogP contribution in [0.25, 0.3) is 11.0 Å². The minimum atomic E-state index is -0.130. The second-order valence-electron chi connectivity index (χ2n) is 5.13. The van der Waals surface area contributed by atoms with Crippen LogP contribution in [-0.2, 0) is 6.54 Å². The molecule has 0 saturated heterocycles. The van der Waals surface area contributed by atoms with E-state index < -0.39 is 0 Å². The van der Waals surface area contributed by atoms with E-state index in [4.69, 9.17) is 15.9 Å². The first kappa shape index (κ1) is 18.7. The Kier molecular flexibility index (Phi) is 8.18. The Labute approximate surface area is 134 Å². The van der Waals surface area contributed by atoms with E-state index in [1.807, 2.05) is 30.7 Å². The van der Waals surface area contributed by atoms with Crippen molar-refractivity contribution in [1.82, 2.24) is 19.9 Å². The molecule has 8 heteroatoms. The number of nitrogens with one attached hydrogen (secondary N) is 1. The van der Waals surface area contributed by atoms with Crippen molar-refractivity contribution >= 4 is 28.6 Å². The highest BCUT2D eigenvalue weighted by molar-refractivity contribution is 7.97. The molecule has 2 aromatic heterocycles. The van der Waals surface area contributed by atoms with Gasteiger partial charge in [0.05, 0.1) is 5.52 Å². The molecule has 2 rings (SSSR count). The van der Waals surface area contributed by atoms with E-state index in [9.17, 15) is 0 Å². The fraction of sp³-hybridized carbons (Fsp3) is 0.571. The Hall–Kier alpha value is -1.35. The van der Waals surface area contributed by atoms with Crippen LogP contribution < -0.4 is 5.73 Å². The standard InChI is InChI=1S/C12H19N5O2.C2H6S/c1-17(3-8(5-18)6-19)4-9-2-14-11-10(9)15-7-16-12(11)13;1-3-2/h2,7-8,14,18-19H,3-6H2,1H3,(H2,13,15,16);1-2H3. The summed E-state index contributed by atoms with van der Waals surface area (Å²) in [6.45, 7) is 1.22. The van der Waals surface area contributed by atoms with Crippen molar-refractivity contribution in [2.24, 2.45) is 5.92 Å². The van der Waals surface area contributed by atoms with Gasteiger partial charge in [-0.05, 0) is 19.6 Å². The maximum atomic E-state index is 9.08. The Morgan fingerprint density at radius 3 is 2.55 bits per heavy atom. The van der Waals surface area contributed by atoms with Crippen molar-refractivity contribution in [2.45, 2.75) is 6.54 Å². The van der Waals surface area contributed by atoms with Gasteiger partial charge in [-0.2, -0.15) is 11.8 Å². The molecule has 0 aliphatic carbocycles. The summed E-state index contributed by atoms with van der Waals surface area (Å²) in [5, 5.41) is 18.2. The largest absolute Gasteiger partial charge is 0.396 e. The molecule has 0 saturated carbocycles. The highest BCUT2D eigenvalue weighted by Gasteiger charge is 2.13. The molecule has 0 aliphatic rings. The van der Waals surface area contributed by atoms with Crippen LogP contribution in [-0.4, -0.2) is 69.4 Å². The van der Waals surface area contributed by atoms with Gasteiger partial charge in [-0.1, -0.05) is 0 Å². The zero-order chi connectivity index (χ0) is 16.5. The normalized spacial score (nSPS) is 11.0. The molecule has 124 valence electrons. The summed E-state index contributed by atoms with van der Waals surface area (Å²) >= 11 is 1.75. The molecule has 0 atom stereocenters. The number of hydrogen-bond acceptors (Lipinski definition) is 7. The third-order valence-electron chi connectivity index (χ3n) is 3.10. The number of anilines is 1. The van der Waals surface area contributed by atoms with Crippen molar-refractivity contribution in [2.75, 3.05) is 45.1 Å². The third-order valence-corrected chi connectivity index (χ3v) is 3.10. The molecule has 0 fully saturated rings. The van der Waals surface area contributed by atoms with Crippen LogP contribution in [0.3, 0.4) is 0 Å². The average molecular weight is 327 g/mol. The molecule has 0 unspecified atom stereocenters. The number of hydrogen-bond donors (Lipinski definition) is 4. The number of nitrogen functional groups attached to an aromatic ring is 1. The fourth-order valence-corrected chi connectivity index (χ4v) is 2.10. The SMILES string of the molecule is CN(Cc1c[nH]c2c(N)ncnc12)CC(CO)CO.CSC. The lowest BCUT2D eigenvalue weighted by Gasteiger charge is -2.20. The number of thioether (sulfide) groups is 1. The van der Waals surface area contributed by atoms with Gasteiger partial charge in [-0.15, -0.1) is 0 Å². The van der Waals surface area contributed by atoms with Gasteiger partial charge in [-0.3, -0.25) is 0 Å². The summed E-state index contributed by atoms with van der Waals surface area (Å²) in [4.78, 5) is 13.3. The molecule has 0 radical (unpaired) electrons. The van der Waals surface area contributed by atoms with Crippen LogP contribution in [0.1, 0.15) is 5.56 Å². The number of aromatic amines is 1. The van der Waals surface area contributed by atoms with Crippen LogP contribution >= 0.6 is 11.8 Å². The van der Waals surface area contributed by atoms with Gasteiger partial charge in [-0.25, -0.2) is 9.97 Å². The highest BCUT2D eigenvalue weighted by Crippen LogP contribution is 2.20. The van der Waals surface area contributed by atoms with Crippen molar-refractivity contribution in [3.05, 3.63) is 18.1 Å². The Morgan fingerprint density at radius 1 is 1.32 bits per heavy atom. The lowest BCUT2D eigenvalue weighted by Crippen LogP contribution is -2.29. The van der Waals surface area contributed by atoms with Gasteiger partial charge < -0.3 is 25.8 Å². The van der Waals surface area contributed by atoms with E-state index in [-0.39, 0.29) is 19.1 Å². The first-order valence-corrected chi connectivity index (χ1v) is 8.57. The second kappa shape index (κ2) is 9.62. The molecular weight excluding hydrogens is 302 g/mol. The van der Waals surface area contributed by atoms with Crippen LogP contribution in [0.4, 0.5) is 5.82 Å². The number of rotatable bonds is 6. The molecule has 22 heavy (non-hydrogen) atoms. The second-order valence-corrected chi connectivity index (χ2v) is 5.95. The molecule has 0 spiro atoms. The zero-order valence-corrected chi connectivity index (χ0v) is 14.1. The van der Waals surface area contributed by atoms with Crippen LogP contribution in [0.2, 0.25) is 0 Å². The Bertz CT molecular complexity index is 559. The third kappa shape index (κ3) is 5.13. The van der Waals surface area contributed by atoms with Gasteiger partial charge in [0.15, 0.2) is 5.82 Å².